The minimum atomic E-state index is -0.0731. The molecule has 1 amide bonds. The lowest BCUT2D eigenvalue weighted by atomic mass is 9.96. The summed E-state index contributed by atoms with van der Waals surface area (Å²) in [5.74, 6) is 0.286. The van der Waals surface area contributed by atoms with E-state index in [1.165, 1.54) is 36.6 Å². The van der Waals surface area contributed by atoms with Crippen molar-refractivity contribution in [2.75, 3.05) is 5.75 Å². The van der Waals surface area contributed by atoms with Crippen LogP contribution < -0.4 is 5.32 Å². The zero-order chi connectivity index (χ0) is 20.6. The van der Waals surface area contributed by atoms with Gasteiger partial charge in [-0.1, -0.05) is 91.7 Å². The van der Waals surface area contributed by atoms with Crippen LogP contribution in [0.25, 0.3) is 0 Å². The molecule has 0 aliphatic heterocycles. The van der Waals surface area contributed by atoms with Crippen LogP contribution in [0.4, 0.5) is 0 Å². The Kier molecular flexibility index (Phi) is 7.13. The fourth-order valence-electron chi connectivity index (χ4n) is 3.99. The number of hydrogen-bond acceptors (Lipinski definition) is 5. The molecule has 0 unspecified atom stereocenters. The Labute approximate surface area is 181 Å². The molecular formula is C23H27N5OS. The van der Waals surface area contributed by atoms with Gasteiger partial charge in [0.15, 0.2) is 0 Å². The molecule has 1 N–H and O–H groups in total. The summed E-state index contributed by atoms with van der Waals surface area (Å²) >= 11 is 1.41. The number of nitrogens with zero attached hydrogens (tertiary/aromatic N) is 4. The number of nitrogens with one attached hydrogen (secondary N) is 1. The van der Waals surface area contributed by atoms with Crippen molar-refractivity contribution in [2.24, 2.45) is 0 Å². The SMILES string of the molecule is O=C(CSc1nnnn1C1CCCCC1)N[C@H](Cc1ccccc1)c1ccccc1. The van der Waals surface area contributed by atoms with Crippen LogP contribution in [0.1, 0.15) is 55.3 Å². The topological polar surface area (TPSA) is 72.7 Å². The van der Waals surface area contributed by atoms with Gasteiger partial charge in [-0.3, -0.25) is 4.79 Å². The summed E-state index contributed by atoms with van der Waals surface area (Å²) in [4.78, 5) is 12.8. The first-order valence-electron chi connectivity index (χ1n) is 10.6. The Morgan fingerprint density at radius 3 is 2.47 bits per heavy atom. The van der Waals surface area contributed by atoms with Gasteiger partial charge in [-0.15, -0.1) is 5.10 Å². The van der Waals surface area contributed by atoms with Crippen LogP contribution in [0.5, 0.6) is 0 Å². The monoisotopic (exact) mass is 421 g/mol. The van der Waals surface area contributed by atoms with Crippen molar-refractivity contribution in [1.82, 2.24) is 25.5 Å². The second-order valence-electron chi connectivity index (χ2n) is 7.71. The molecule has 30 heavy (non-hydrogen) atoms. The second-order valence-corrected chi connectivity index (χ2v) is 8.65. The Morgan fingerprint density at radius 1 is 1.03 bits per heavy atom. The number of thioether (sulfide) groups is 1. The fourth-order valence-corrected chi connectivity index (χ4v) is 4.74. The number of hydrogen-bond donors (Lipinski definition) is 1. The van der Waals surface area contributed by atoms with E-state index in [1.54, 1.807) is 0 Å². The van der Waals surface area contributed by atoms with Crippen LogP contribution in [0.15, 0.2) is 65.8 Å². The third kappa shape index (κ3) is 5.48. The van der Waals surface area contributed by atoms with Gasteiger partial charge in [0.05, 0.1) is 17.8 Å². The summed E-state index contributed by atoms with van der Waals surface area (Å²) in [6, 6.07) is 20.7. The number of amides is 1. The molecular weight excluding hydrogens is 394 g/mol. The summed E-state index contributed by atoms with van der Waals surface area (Å²) in [7, 11) is 0. The Morgan fingerprint density at radius 2 is 1.73 bits per heavy atom. The predicted molar refractivity (Wildman–Crippen MR) is 118 cm³/mol. The molecule has 1 atom stereocenters. The maximum Gasteiger partial charge on any atom is 0.230 e. The van der Waals surface area contributed by atoms with Gasteiger partial charge in [0.25, 0.3) is 0 Å². The molecule has 1 heterocycles. The van der Waals surface area contributed by atoms with Crippen molar-refractivity contribution in [1.29, 1.82) is 0 Å². The van der Waals surface area contributed by atoms with Gasteiger partial charge in [-0.05, 0) is 40.8 Å². The largest absolute Gasteiger partial charge is 0.348 e. The van der Waals surface area contributed by atoms with E-state index in [0.717, 1.165) is 30.0 Å². The van der Waals surface area contributed by atoms with Gasteiger partial charge in [-0.2, -0.15) is 0 Å². The highest BCUT2D eigenvalue weighted by atomic mass is 32.2. The number of benzene rings is 2. The average Bonchev–Trinajstić information content (AvgIpc) is 3.28. The first-order valence-corrected chi connectivity index (χ1v) is 11.6. The number of carbonyl (C=O) groups excluding carboxylic acids is 1. The average molecular weight is 422 g/mol. The van der Waals surface area contributed by atoms with Gasteiger partial charge < -0.3 is 5.32 Å². The van der Waals surface area contributed by atoms with E-state index in [9.17, 15) is 4.79 Å². The van der Waals surface area contributed by atoms with Crippen LogP contribution in [0, 0.1) is 0 Å². The van der Waals surface area contributed by atoms with Crippen molar-refractivity contribution in [3.63, 3.8) is 0 Å². The van der Waals surface area contributed by atoms with E-state index in [-0.39, 0.29) is 11.9 Å². The summed E-state index contributed by atoms with van der Waals surface area (Å²) in [6.45, 7) is 0. The highest BCUT2D eigenvalue weighted by Crippen LogP contribution is 2.30. The van der Waals surface area contributed by atoms with Crippen molar-refractivity contribution in [2.45, 2.75) is 55.8 Å². The van der Waals surface area contributed by atoms with Gasteiger partial charge in [-0.25, -0.2) is 4.68 Å². The van der Waals surface area contributed by atoms with Gasteiger partial charge >= 0.3 is 0 Å². The standard InChI is InChI=1S/C23H27N5OS/c29-22(17-30-23-25-26-27-28(23)20-14-8-3-9-15-20)24-21(19-12-6-2-7-13-19)16-18-10-4-1-5-11-18/h1-2,4-7,10-13,20-21H,3,8-9,14-17H2,(H,24,29)/t21-/m1/s1. The zero-order valence-corrected chi connectivity index (χ0v) is 17.8. The summed E-state index contributed by atoms with van der Waals surface area (Å²) in [5.41, 5.74) is 2.30. The lowest BCUT2D eigenvalue weighted by Gasteiger charge is -2.22. The molecule has 1 aliphatic rings. The maximum absolute atomic E-state index is 12.8. The Balaban J connectivity index is 1.39. The van der Waals surface area contributed by atoms with E-state index in [1.807, 2.05) is 41.1 Å². The molecule has 1 saturated carbocycles. The maximum atomic E-state index is 12.8. The number of carbonyl (C=O) groups is 1. The third-order valence-corrected chi connectivity index (χ3v) is 6.47. The van der Waals surface area contributed by atoms with E-state index in [2.05, 4.69) is 45.1 Å². The van der Waals surface area contributed by atoms with Gasteiger partial charge in [0.1, 0.15) is 0 Å². The first-order chi connectivity index (χ1) is 14.8. The predicted octanol–water partition coefficient (Wildman–Crippen LogP) is 4.37. The van der Waals surface area contributed by atoms with Crippen LogP contribution in [0.3, 0.4) is 0 Å². The lowest BCUT2D eigenvalue weighted by molar-refractivity contribution is -0.119. The smallest absolute Gasteiger partial charge is 0.230 e. The molecule has 1 fully saturated rings. The van der Waals surface area contributed by atoms with Crippen molar-refractivity contribution < 1.29 is 4.79 Å². The minimum absolute atomic E-state index is 0.0111. The Hall–Kier alpha value is -2.67. The fraction of sp³-hybridized carbons (Fsp3) is 0.391. The molecule has 0 bridgehead atoms. The minimum Gasteiger partial charge on any atom is -0.348 e. The van der Waals surface area contributed by atoms with E-state index in [4.69, 9.17) is 0 Å². The zero-order valence-electron chi connectivity index (χ0n) is 17.0. The third-order valence-electron chi connectivity index (χ3n) is 5.54. The normalized spacial score (nSPS) is 15.6. The van der Waals surface area contributed by atoms with Crippen molar-refractivity contribution in [3.05, 3.63) is 71.8 Å². The number of aromatic nitrogens is 4. The highest BCUT2D eigenvalue weighted by Gasteiger charge is 2.21. The molecule has 1 aliphatic carbocycles. The first kappa shape index (κ1) is 20.6. The van der Waals surface area contributed by atoms with E-state index in [0.29, 0.717) is 11.8 Å². The van der Waals surface area contributed by atoms with Crippen LogP contribution in [-0.4, -0.2) is 31.9 Å². The van der Waals surface area contributed by atoms with Crippen LogP contribution in [0.2, 0.25) is 0 Å². The van der Waals surface area contributed by atoms with Gasteiger partial charge in [0.2, 0.25) is 11.1 Å². The summed E-state index contributed by atoms with van der Waals surface area (Å²) in [6.07, 6.45) is 6.68. The second kappa shape index (κ2) is 10.4. The summed E-state index contributed by atoms with van der Waals surface area (Å²) < 4.78 is 1.91. The molecule has 156 valence electrons. The van der Waals surface area contributed by atoms with E-state index < -0.39 is 0 Å². The van der Waals surface area contributed by atoms with Crippen LogP contribution >= 0.6 is 11.8 Å². The number of tetrazole rings is 1. The number of rotatable bonds is 8. The Bertz CT molecular complexity index is 925. The lowest BCUT2D eigenvalue weighted by Crippen LogP contribution is -2.31. The van der Waals surface area contributed by atoms with Crippen molar-refractivity contribution in [3.8, 4) is 0 Å². The van der Waals surface area contributed by atoms with Crippen LogP contribution in [-0.2, 0) is 11.2 Å². The van der Waals surface area contributed by atoms with E-state index >= 15 is 0 Å². The molecule has 4 rings (SSSR count). The molecule has 2 aromatic carbocycles. The molecule has 7 heteroatoms. The highest BCUT2D eigenvalue weighted by molar-refractivity contribution is 7.99. The molecule has 6 nitrogen and oxygen atoms in total. The molecule has 1 aromatic heterocycles. The summed E-state index contributed by atoms with van der Waals surface area (Å²) in [5, 5.41) is 16.1. The molecule has 0 radical (unpaired) electrons. The molecule has 0 saturated heterocycles. The quantitative estimate of drug-likeness (QED) is 0.547. The van der Waals surface area contributed by atoms with Gasteiger partial charge in [0, 0.05) is 0 Å². The van der Waals surface area contributed by atoms with Crippen molar-refractivity contribution >= 4 is 17.7 Å². The molecule has 3 aromatic rings. The molecule has 0 spiro atoms.